The van der Waals surface area contributed by atoms with Crippen molar-refractivity contribution >= 4 is 0 Å². The smallest absolute Gasteiger partial charge is 0.0636 e. The van der Waals surface area contributed by atoms with Crippen molar-refractivity contribution < 1.29 is 5.11 Å². The van der Waals surface area contributed by atoms with Crippen LogP contribution < -0.4 is 5.32 Å². The normalized spacial score (nSPS) is 13.5. The molecule has 0 aliphatic heterocycles. The van der Waals surface area contributed by atoms with Crippen molar-refractivity contribution in [3.05, 3.63) is 18.0 Å². The van der Waals surface area contributed by atoms with E-state index in [1.807, 2.05) is 17.1 Å². The molecule has 0 saturated heterocycles. The van der Waals surface area contributed by atoms with Crippen LogP contribution in [0.25, 0.3) is 0 Å². The summed E-state index contributed by atoms with van der Waals surface area (Å²) in [7, 11) is 0. The van der Waals surface area contributed by atoms with Crippen molar-refractivity contribution in [1.29, 1.82) is 0 Å². The summed E-state index contributed by atoms with van der Waals surface area (Å²) in [5.74, 6) is 0. The molecule has 1 heterocycles. The first-order valence-electron chi connectivity index (χ1n) is 5.01. The molecule has 0 aliphatic carbocycles. The molecule has 1 aromatic rings. The van der Waals surface area contributed by atoms with Crippen LogP contribution in [0.1, 0.15) is 32.4 Å². The van der Waals surface area contributed by atoms with Crippen LogP contribution >= 0.6 is 0 Å². The number of nitrogens with zero attached hydrogens (tertiary/aromatic N) is 2. The average molecular weight is 197 g/mol. The lowest BCUT2D eigenvalue weighted by molar-refractivity contribution is 0.191. The van der Waals surface area contributed by atoms with Gasteiger partial charge in [0, 0.05) is 30.9 Å². The fraction of sp³-hybridized carbons (Fsp3) is 0.700. The molecule has 0 spiro atoms. The van der Waals surface area contributed by atoms with Gasteiger partial charge in [0.15, 0.2) is 0 Å². The molecular formula is C10H19N3O. The van der Waals surface area contributed by atoms with E-state index in [1.165, 1.54) is 0 Å². The van der Waals surface area contributed by atoms with Gasteiger partial charge in [0.2, 0.25) is 0 Å². The van der Waals surface area contributed by atoms with Crippen molar-refractivity contribution in [1.82, 2.24) is 15.1 Å². The van der Waals surface area contributed by atoms with E-state index in [1.54, 1.807) is 6.92 Å². The zero-order valence-corrected chi connectivity index (χ0v) is 9.07. The van der Waals surface area contributed by atoms with Crippen LogP contribution in [0.4, 0.5) is 0 Å². The van der Waals surface area contributed by atoms with Gasteiger partial charge in [-0.1, -0.05) is 0 Å². The SMILES string of the molecule is CC(O)CNCc1cnn(C(C)C)c1. The van der Waals surface area contributed by atoms with Crippen LogP contribution in [0.5, 0.6) is 0 Å². The maximum atomic E-state index is 9.04. The van der Waals surface area contributed by atoms with E-state index in [9.17, 15) is 0 Å². The van der Waals surface area contributed by atoms with Gasteiger partial charge in [-0.05, 0) is 20.8 Å². The second kappa shape index (κ2) is 5.12. The summed E-state index contributed by atoms with van der Waals surface area (Å²) in [4.78, 5) is 0. The van der Waals surface area contributed by atoms with Gasteiger partial charge >= 0.3 is 0 Å². The number of aromatic nitrogens is 2. The number of nitrogens with one attached hydrogen (secondary N) is 1. The molecule has 14 heavy (non-hydrogen) atoms. The Hall–Kier alpha value is -0.870. The highest BCUT2D eigenvalue weighted by molar-refractivity contribution is 5.03. The Bertz CT molecular complexity index is 268. The third-order valence-corrected chi connectivity index (χ3v) is 1.95. The van der Waals surface area contributed by atoms with Crippen molar-refractivity contribution in [2.24, 2.45) is 0 Å². The van der Waals surface area contributed by atoms with Crippen molar-refractivity contribution in [3.63, 3.8) is 0 Å². The molecule has 0 radical (unpaired) electrons. The van der Waals surface area contributed by atoms with Crippen LogP contribution in [0.2, 0.25) is 0 Å². The van der Waals surface area contributed by atoms with E-state index < -0.39 is 0 Å². The predicted molar refractivity (Wildman–Crippen MR) is 56.0 cm³/mol. The Morgan fingerprint density at radius 1 is 1.50 bits per heavy atom. The molecular weight excluding hydrogens is 178 g/mol. The molecule has 0 amide bonds. The molecule has 0 saturated carbocycles. The van der Waals surface area contributed by atoms with Crippen molar-refractivity contribution in [2.45, 2.75) is 39.5 Å². The van der Waals surface area contributed by atoms with Crippen molar-refractivity contribution in [3.8, 4) is 0 Å². The molecule has 80 valence electrons. The standard InChI is InChI=1S/C10H19N3O/c1-8(2)13-7-10(6-12-13)5-11-4-9(3)14/h6-9,11,14H,4-5H2,1-3H3. The molecule has 4 heteroatoms. The second-order valence-electron chi connectivity index (χ2n) is 3.90. The van der Waals surface area contributed by atoms with Gasteiger partial charge in [0.1, 0.15) is 0 Å². The number of aliphatic hydroxyl groups excluding tert-OH is 1. The summed E-state index contributed by atoms with van der Waals surface area (Å²) in [6.45, 7) is 7.34. The fourth-order valence-electron chi connectivity index (χ4n) is 1.18. The summed E-state index contributed by atoms with van der Waals surface area (Å²) in [6, 6.07) is 0.403. The van der Waals surface area contributed by atoms with E-state index >= 15 is 0 Å². The molecule has 4 nitrogen and oxygen atoms in total. The molecule has 1 aromatic heterocycles. The lowest BCUT2D eigenvalue weighted by atomic mass is 10.3. The highest BCUT2D eigenvalue weighted by Gasteiger charge is 2.01. The molecule has 1 unspecified atom stereocenters. The topological polar surface area (TPSA) is 50.1 Å². The first kappa shape index (κ1) is 11.2. The number of aliphatic hydroxyl groups is 1. The maximum absolute atomic E-state index is 9.04. The van der Waals surface area contributed by atoms with Crippen LogP contribution in [-0.2, 0) is 6.54 Å². The Balaban J connectivity index is 2.36. The second-order valence-corrected chi connectivity index (χ2v) is 3.90. The summed E-state index contributed by atoms with van der Waals surface area (Å²) in [6.07, 6.45) is 3.59. The molecule has 1 atom stereocenters. The van der Waals surface area contributed by atoms with E-state index in [0.717, 1.165) is 12.1 Å². The minimum atomic E-state index is -0.296. The first-order chi connectivity index (χ1) is 6.59. The van der Waals surface area contributed by atoms with Crippen LogP contribution in [0, 0.1) is 0 Å². The Labute approximate surface area is 84.9 Å². The highest BCUT2D eigenvalue weighted by Crippen LogP contribution is 2.04. The van der Waals surface area contributed by atoms with Gasteiger partial charge in [0.05, 0.1) is 12.3 Å². The number of rotatable bonds is 5. The monoisotopic (exact) mass is 197 g/mol. The quantitative estimate of drug-likeness (QED) is 0.738. The molecule has 2 N–H and O–H groups in total. The largest absolute Gasteiger partial charge is 0.392 e. The van der Waals surface area contributed by atoms with Crippen molar-refractivity contribution in [2.75, 3.05) is 6.54 Å². The van der Waals surface area contributed by atoms with Crippen LogP contribution in [0.3, 0.4) is 0 Å². The predicted octanol–water partition coefficient (Wildman–Crippen LogP) is 0.934. The average Bonchev–Trinajstić information content (AvgIpc) is 2.52. The van der Waals surface area contributed by atoms with Gasteiger partial charge in [-0.3, -0.25) is 4.68 Å². The molecule has 0 aliphatic rings. The third-order valence-electron chi connectivity index (χ3n) is 1.95. The Morgan fingerprint density at radius 2 is 2.21 bits per heavy atom. The minimum absolute atomic E-state index is 0.296. The van der Waals surface area contributed by atoms with Gasteiger partial charge in [-0.2, -0.15) is 5.10 Å². The van der Waals surface area contributed by atoms with Gasteiger partial charge in [-0.15, -0.1) is 0 Å². The van der Waals surface area contributed by atoms with E-state index in [4.69, 9.17) is 5.11 Å². The molecule has 0 aromatic carbocycles. The summed E-state index contributed by atoms with van der Waals surface area (Å²) < 4.78 is 1.93. The van der Waals surface area contributed by atoms with Gasteiger partial charge in [-0.25, -0.2) is 0 Å². The number of hydrogen-bond donors (Lipinski definition) is 2. The lowest BCUT2D eigenvalue weighted by Crippen LogP contribution is -2.23. The minimum Gasteiger partial charge on any atom is -0.392 e. The zero-order chi connectivity index (χ0) is 10.6. The summed E-state index contributed by atoms with van der Waals surface area (Å²) in [5, 5.41) is 16.4. The fourth-order valence-corrected chi connectivity index (χ4v) is 1.18. The number of hydrogen-bond acceptors (Lipinski definition) is 3. The van der Waals surface area contributed by atoms with Gasteiger partial charge in [0.25, 0.3) is 0 Å². The maximum Gasteiger partial charge on any atom is 0.0636 e. The summed E-state index contributed by atoms with van der Waals surface area (Å²) in [5.41, 5.74) is 1.15. The Kier molecular flexibility index (Phi) is 4.10. The van der Waals surface area contributed by atoms with Gasteiger partial charge < -0.3 is 10.4 Å². The third kappa shape index (κ3) is 3.47. The molecule has 0 bridgehead atoms. The highest BCUT2D eigenvalue weighted by atomic mass is 16.3. The van der Waals surface area contributed by atoms with E-state index in [0.29, 0.717) is 12.6 Å². The summed E-state index contributed by atoms with van der Waals surface area (Å²) >= 11 is 0. The van der Waals surface area contributed by atoms with Crippen LogP contribution in [-0.4, -0.2) is 27.5 Å². The van der Waals surface area contributed by atoms with Crippen LogP contribution in [0.15, 0.2) is 12.4 Å². The zero-order valence-electron chi connectivity index (χ0n) is 9.07. The molecule has 0 fully saturated rings. The first-order valence-corrected chi connectivity index (χ1v) is 5.01. The van der Waals surface area contributed by atoms with E-state index in [-0.39, 0.29) is 6.10 Å². The molecule has 1 rings (SSSR count). The van der Waals surface area contributed by atoms with E-state index in [2.05, 4.69) is 24.3 Å². The Morgan fingerprint density at radius 3 is 2.71 bits per heavy atom. The lowest BCUT2D eigenvalue weighted by Gasteiger charge is -2.05.